The Morgan fingerprint density at radius 2 is 1.09 bits per heavy atom. The Labute approximate surface area is 259 Å². The Morgan fingerprint density at radius 1 is 0.628 bits per heavy atom. The Hall–Kier alpha value is -4.57. The van der Waals surface area contributed by atoms with Gasteiger partial charge in [0.25, 0.3) is 0 Å². The van der Waals surface area contributed by atoms with Crippen molar-refractivity contribution in [2.75, 3.05) is 48.3 Å². The van der Waals surface area contributed by atoms with Crippen molar-refractivity contribution < 1.29 is 0 Å². The lowest BCUT2D eigenvalue weighted by Gasteiger charge is -2.21. The molecule has 0 bridgehead atoms. The molecule has 0 heterocycles. The second-order valence-corrected chi connectivity index (χ2v) is 10.4. The van der Waals surface area contributed by atoms with E-state index in [0.29, 0.717) is 0 Å². The number of aliphatic imine (C=N–C) groups is 1. The molecule has 0 saturated carbocycles. The molecule has 4 rings (SSSR count). The number of hydrogen-bond donors (Lipinski definition) is 1. The van der Waals surface area contributed by atoms with Gasteiger partial charge in [0.1, 0.15) is 0 Å². The third kappa shape index (κ3) is 8.04. The Morgan fingerprint density at radius 3 is 1.56 bits per heavy atom. The molecule has 0 fully saturated rings. The highest BCUT2D eigenvalue weighted by Crippen LogP contribution is 2.29. The standard InChI is InChI=1S/C39H46N4/c1-6-41-35-24-16-31(17-25-35)39(33-20-28-37(29-21-33)43(9-4)10-5)13-11-12-38(30-14-22-34(40)23-15-30)32-18-26-36(27-19-32)42(7-2)8-3/h11-29H,6-10,40H2,1-5H3. The minimum absolute atomic E-state index is 0.762. The molecule has 1 aliphatic rings. The van der Waals surface area contributed by atoms with Crippen LogP contribution >= 0.6 is 0 Å². The first-order chi connectivity index (χ1) is 21.0. The van der Waals surface area contributed by atoms with Crippen LogP contribution in [0.2, 0.25) is 0 Å². The minimum Gasteiger partial charge on any atom is -0.399 e. The van der Waals surface area contributed by atoms with Crippen LogP contribution in [-0.2, 0) is 0 Å². The van der Waals surface area contributed by atoms with Crippen molar-refractivity contribution in [2.45, 2.75) is 34.6 Å². The number of anilines is 3. The number of hydrogen-bond acceptors (Lipinski definition) is 4. The fourth-order valence-corrected chi connectivity index (χ4v) is 5.43. The van der Waals surface area contributed by atoms with Crippen molar-refractivity contribution in [1.29, 1.82) is 0 Å². The summed E-state index contributed by atoms with van der Waals surface area (Å²) < 4.78 is 0. The molecular weight excluding hydrogens is 524 g/mol. The molecule has 0 spiro atoms. The van der Waals surface area contributed by atoms with Crippen molar-refractivity contribution in [3.63, 3.8) is 0 Å². The quantitative estimate of drug-likeness (QED) is 0.175. The molecule has 0 saturated heterocycles. The van der Waals surface area contributed by atoms with Crippen molar-refractivity contribution in [3.8, 4) is 0 Å². The van der Waals surface area contributed by atoms with E-state index in [2.05, 4.69) is 153 Å². The average molecular weight is 571 g/mol. The smallest absolute Gasteiger partial charge is 0.0574 e. The van der Waals surface area contributed by atoms with Crippen molar-refractivity contribution in [3.05, 3.63) is 138 Å². The SMILES string of the molecule is CCN=C1C=CC(=C(C=CC=C(c2ccc(N)cc2)c2ccc(N(CC)CC)cc2)c2ccc(N(CC)CC)cc2)C=C1. The summed E-state index contributed by atoms with van der Waals surface area (Å²) in [7, 11) is 0. The van der Waals surface area contributed by atoms with E-state index >= 15 is 0 Å². The maximum Gasteiger partial charge on any atom is 0.0574 e. The van der Waals surface area contributed by atoms with Gasteiger partial charge in [0.2, 0.25) is 0 Å². The van der Waals surface area contributed by atoms with E-state index in [1.807, 2.05) is 12.1 Å². The van der Waals surface area contributed by atoms with Crippen LogP contribution in [0.1, 0.15) is 51.3 Å². The molecule has 3 aromatic rings. The summed E-state index contributed by atoms with van der Waals surface area (Å²) in [6, 6.07) is 25.9. The van der Waals surface area contributed by atoms with Crippen LogP contribution in [0.5, 0.6) is 0 Å². The summed E-state index contributed by atoms with van der Waals surface area (Å²) in [5.74, 6) is 0. The lowest BCUT2D eigenvalue weighted by Crippen LogP contribution is -2.21. The summed E-state index contributed by atoms with van der Waals surface area (Å²) in [5, 5.41) is 0. The zero-order valence-electron chi connectivity index (χ0n) is 26.4. The monoisotopic (exact) mass is 570 g/mol. The van der Waals surface area contributed by atoms with Crippen LogP contribution in [0, 0.1) is 0 Å². The van der Waals surface area contributed by atoms with E-state index in [9.17, 15) is 0 Å². The zero-order chi connectivity index (χ0) is 30.6. The summed E-state index contributed by atoms with van der Waals surface area (Å²) >= 11 is 0. The summed E-state index contributed by atoms with van der Waals surface area (Å²) in [4.78, 5) is 9.29. The van der Waals surface area contributed by atoms with Gasteiger partial charge in [0, 0.05) is 49.8 Å². The minimum atomic E-state index is 0.762. The number of nitrogens with two attached hydrogens (primary N) is 1. The van der Waals surface area contributed by atoms with Crippen LogP contribution in [0.15, 0.2) is 126 Å². The molecular formula is C39H46N4. The van der Waals surface area contributed by atoms with Crippen molar-refractivity contribution in [1.82, 2.24) is 0 Å². The van der Waals surface area contributed by atoms with Crippen LogP contribution in [0.4, 0.5) is 17.1 Å². The highest BCUT2D eigenvalue weighted by Gasteiger charge is 2.10. The zero-order valence-corrected chi connectivity index (χ0v) is 26.4. The second-order valence-electron chi connectivity index (χ2n) is 10.4. The van der Waals surface area contributed by atoms with Gasteiger partial charge in [-0.1, -0.05) is 66.8 Å². The molecule has 2 N–H and O–H groups in total. The molecule has 43 heavy (non-hydrogen) atoms. The van der Waals surface area contributed by atoms with Gasteiger partial charge in [-0.3, -0.25) is 4.99 Å². The van der Waals surface area contributed by atoms with Crippen molar-refractivity contribution in [2.24, 2.45) is 4.99 Å². The van der Waals surface area contributed by atoms with Crippen LogP contribution in [0.3, 0.4) is 0 Å². The predicted octanol–water partition coefficient (Wildman–Crippen LogP) is 8.99. The van der Waals surface area contributed by atoms with E-state index < -0.39 is 0 Å². The van der Waals surface area contributed by atoms with E-state index in [0.717, 1.165) is 60.8 Å². The number of nitrogen functional groups attached to an aromatic ring is 1. The Kier molecular flexibility index (Phi) is 11.4. The van der Waals surface area contributed by atoms with Gasteiger partial charge in [-0.15, -0.1) is 0 Å². The lowest BCUT2D eigenvalue weighted by atomic mass is 9.94. The van der Waals surface area contributed by atoms with Gasteiger partial charge in [-0.05, 0) is 117 Å². The second kappa shape index (κ2) is 15.6. The maximum absolute atomic E-state index is 6.04. The largest absolute Gasteiger partial charge is 0.399 e. The molecule has 4 heteroatoms. The fourth-order valence-electron chi connectivity index (χ4n) is 5.43. The lowest BCUT2D eigenvalue weighted by molar-refractivity contribution is 0.866. The normalized spacial score (nSPS) is 13.1. The maximum atomic E-state index is 6.04. The highest BCUT2D eigenvalue weighted by molar-refractivity contribution is 6.07. The molecule has 0 aliphatic heterocycles. The van der Waals surface area contributed by atoms with Crippen LogP contribution in [0.25, 0.3) is 11.1 Å². The first-order valence-corrected chi connectivity index (χ1v) is 15.6. The molecule has 0 unspecified atom stereocenters. The third-order valence-electron chi connectivity index (χ3n) is 7.88. The van der Waals surface area contributed by atoms with Gasteiger partial charge in [-0.2, -0.15) is 0 Å². The summed E-state index contributed by atoms with van der Waals surface area (Å²) in [6.45, 7) is 15.6. The van der Waals surface area contributed by atoms with E-state index in [1.54, 1.807) is 0 Å². The third-order valence-corrected chi connectivity index (χ3v) is 7.88. The number of nitrogens with zero attached hydrogens (tertiary/aromatic N) is 3. The Balaban J connectivity index is 1.77. The first-order valence-electron chi connectivity index (χ1n) is 15.6. The topological polar surface area (TPSA) is 44.9 Å². The molecule has 222 valence electrons. The first kappa shape index (κ1) is 31.4. The molecule has 0 amide bonds. The van der Waals surface area contributed by atoms with Crippen LogP contribution < -0.4 is 15.5 Å². The average Bonchev–Trinajstić information content (AvgIpc) is 3.05. The number of rotatable bonds is 12. The molecule has 0 aromatic heterocycles. The van der Waals surface area contributed by atoms with Gasteiger partial charge >= 0.3 is 0 Å². The van der Waals surface area contributed by atoms with Gasteiger partial charge < -0.3 is 15.5 Å². The summed E-state index contributed by atoms with van der Waals surface area (Å²) in [5.41, 5.74) is 17.2. The van der Waals surface area contributed by atoms with E-state index in [1.165, 1.54) is 28.1 Å². The highest BCUT2D eigenvalue weighted by atomic mass is 15.1. The number of benzene rings is 3. The van der Waals surface area contributed by atoms with Crippen LogP contribution in [-0.4, -0.2) is 38.4 Å². The predicted molar refractivity (Wildman–Crippen MR) is 190 cm³/mol. The van der Waals surface area contributed by atoms with E-state index in [-0.39, 0.29) is 0 Å². The fraction of sp³-hybridized carbons (Fsp3) is 0.256. The molecule has 3 aromatic carbocycles. The van der Waals surface area contributed by atoms with Gasteiger partial charge in [-0.25, -0.2) is 0 Å². The van der Waals surface area contributed by atoms with Gasteiger partial charge in [0.15, 0.2) is 0 Å². The van der Waals surface area contributed by atoms with E-state index in [4.69, 9.17) is 5.73 Å². The molecule has 4 nitrogen and oxygen atoms in total. The Bertz CT molecular complexity index is 1490. The molecule has 1 aliphatic carbocycles. The van der Waals surface area contributed by atoms with Gasteiger partial charge in [0.05, 0.1) is 5.71 Å². The molecule has 0 atom stereocenters. The number of allylic oxidation sites excluding steroid dienone is 9. The van der Waals surface area contributed by atoms with Crippen molar-refractivity contribution >= 4 is 33.9 Å². The molecule has 0 radical (unpaired) electrons. The summed E-state index contributed by atoms with van der Waals surface area (Å²) in [6.07, 6.45) is 15.1.